The van der Waals surface area contributed by atoms with Crippen molar-refractivity contribution in [1.29, 1.82) is 0 Å². The van der Waals surface area contributed by atoms with Gasteiger partial charge in [-0.15, -0.1) is 5.73 Å². The fourth-order valence-corrected chi connectivity index (χ4v) is 5.04. The molecule has 3 aromatic heterocycles. The van der Waals surface area contributed by atoms with E-state index in [-0.39, 0.29) is 5.54 Å². The SMILES string of the molecule is C=C=C(c1ccncn1)N1CCCC(c2c(C)cnc3[nH]ccc23)CC12CC2. The zero-order valence-electron chi connectivity index (χ0n) is 16.3. The van der Waals surface area contributed by atoms with Crippen LogP contribution < -0.4 is 0 Å². The molecule has 5 rings (SSSR count). The Morgan fingerprint density at radius 3 is 2.96 bits per heavy atom. The molecule has 1 aliphatic carbocycles. The molecule has 142 valence electrons. The summed E-state index contributed by atoms with van der Waals surface area (Å²) in [6, 6.07) is 4.14. The first-order chi connectivity index (χ1) is 13.7. The molecule has 5 nitrogen and oxygen atoms in total. The molecule has 0 radical (unpaired) electrons. The highest BCUT2D eigenvalue weighted by molar-refractivity contribution is 5.81. The first-order valence-electron chi connectivity index (χ1n) is 10.1. The summed E-state index contributed by atoms with van der Waals surface area (Å²) < 4.78 is 0. The number of nitrogens with zero attached hydrogens (tertiary/aromatic N) is 4. The number of hydrogen-bond donors (Lipinski definition) is 1. The molecule has 1 saturated carbocycles. The zero-order valence-corrected chi connectivity index (χ0v) is 16.3. The molecule has 1 unspecified atom stereocenters. The summed E-state index contributed by atoms with van der Waals surface area (Å²) in [5.41, 5.74) is 9.11. The molecule has 0 bridgehead atoms. The number of hydrogen-bond acceptors (Lipinski definition) is 4. The second-order valence-electron chi connectivity index (χ2n) is 8.13. The van der Waals surface area contributed by atoms with Crippen LogP contribution in [0.3, 0.4) is 0 Å². The number of pyridine rings is 1. The molecule has 1 atom stereocenters. The van der Waals surface area contributed by atoms with Gasteiger partial charge in [0, 0.05) is 36.1 Å². The van der Waals surface area contributed by atoms with Gasteiger partial charge in [0.2, 0.25) is 0 Å². The van der Waals surface area contributed by atoms with Crippen LogP contribution in [0.15, 0.2) is 49.4 Å². The lowest BCUT2D eigenvalue weighted by Crippen LogP contribution is -2.36. The van der Waals surface area contributed by atoms with Crippen molar-refractivity contribution in [1.82, 2.24) is 24.8 Å². The van der Waals surface area contributed by atoms with E-state index in [4.69, 9.17) is 0 Å². The first kappa shape index (κ1) is 17.2. The van der Waals surface area contributed by atoms with Crippen LogP contribution in [0.1, 0.15) is 54.8 Å². The molecule has 2 aliphatic rings. The van der Waals surface area contributed by atoms with Crippen molar-refractivity contribution in [2.24, 2.45) is 0 Å². The fourth-order valence-electron chi connectivity index (χ4n) is 5.04. The topological polar surface area (TPSA) is 57.7 Å². The lowest BCUT2D eigenvalue weighted by molar-refractivity contribution is 0.270. The molecule has 4 heterocycles. The van der Waals surface area contributed by atoms with Gasteiger partial charge in [-0.05, 0) is 68.2 Å². The minimum absolute atomic E-state index is 0.199. The predicted octanol–water partition coefficient (Wildman–Crippen LogP) is 4.59. The van der Waals surface area contributed by atoms with Gasteiger partial charge in [-0.1, -0.05) is 6.58 Å². The van der Waals surface area contributed by atoms with E-state index in [2.05, 4.69) is 50.1 Å². The van der Waals surface area contributed by atoms with E-state index in [1.54, 1.807) is 12.5 Å². The molecule has 1 aliphatic heterocycles. The number of nitrogens with one attached hydrogen (secondary N) is 1. The normalized spacial score (nSPS) is 20.8. The van der Waals surface area contributed by atoms with E-state index < -0.39 is 0 Å². The standard InChI is InChI=1S/C23H25N5/c1-3-20(19-7-10-24-15-27-19)28-12-4-5-17(13-23(28)8-9-23)21-16(2)14-26-22-18(21)6-11-25-22/h6-7,10-11,14-15,17H,1,4-5,8-9,12-13H2,2H3,(H,25,26). The Kier molecular flexibility index (Phi) is 4.06. The Morgan fingerprint density at radius 2 is 2.21 bits per heavy atom. The maximum atomic E-state index is 4.57. The molecule has 5 heteroatoms. The molecule has 3 aromatic rings. The van der Waals surface area contributed by atoms with Crippen LogP contribution in [0, 0.1) is 6.92 Å². The van der Waals surface area contributed by atoms with Crippen LogP contribution in [0.25, 0.3) is 16.7 Å². The number of H-pyrrole nitrogens is 1. The average Bonchev–Trinajstić information content (AvgIpc) is 3.38. The average molecular weight is 371 g/mol. The summed E-state index contributed by atoms with van der Waals surface area (Å²) in [6.07, 6.45) is 13.4. The van der Waals surface area contributed by atoms with E-state index in [0.717, 1.165) is 36.4 Å². The number of likely N-dealkylation sites (tertiary alicyclic amines) is 1. The van der Waals surface area contributed by atoms with Crippen molar-refractivity contribution < 1.29 is 0 Å². The number of aromatic amines is 1. The minimum atomic E-state index is 0.199. The maximum Gasteiger partial charge on any atom is 0.137 e. The minimum Gasteiger partial charge on any atom is -0.358 e. The lowest BCUT2D eigenvalue weighted by atomic mass is 9.85. The molecular formula is C23H25N5. The number of aryl methyl sites for hydroxylation is 1. The molecule has 28 heavy (non-hydrogen) atoms. The molecule has 1 saturated heterocycles. The summed E-state index contributed by atoms with van der Waals surface area (Å²) in [5.74, 6) is 0.547. The number of rotatable bonds is 3. The fraction of sp³-hybridized carbons (Fsp3) is 0.391. The van der Waals surface area contributed by atoms with Gasteiger partial charge in [-0.25, -0.2) is 15.0 Å². The van der Waals surface area contributed by atoms with Gasteiger partial charge in [-0.2, -0.15) is 0 Å². The number of aromatic nitrogens is 4. The van der Waals surface area contributed by atoms with Crippen molar-refractivity contribution in [2.75, 3.05) is 6.54 Å². The van der Waals surface area contributed by atoms with E-state index in [1.807, 2.05) is 18.5 Å². The third-order valence-electron chi connectivity index (χ3n) is 6.46. The molecule has 0 amide bonds. The largest absolute Gasteiger partial charge is 0.358 e. The quantitative estimate of drug-likeness (QED) is 0.684. The lowest BCUT2D eigenvalue weighted by Gasteiger charge is -2.34. The molecule has 0 aromatic carbocycles. The Morgan fingerprint density at radius 1 is 1.32 bits per heavy atom. The van der Waals surface area contributed by atoms with Crippen LogP contribution >= 0.6 is 0 Å². The molecule has 2 fully saturated rings. The van der Waals surface area contributed by atoms with Gasteiger partial charge in [0.25, 0.3) is 0 Å². The Labute approximate surface area is 165 Å². The van der Waals surface area contributed by atoms with E-state index >= 15 is 0 Å². The highest BCUT2D eigenvalue weighted by atomic mass is 15.2. The van der Waals surface area contributed by atoms with E-state index in [1.165, 1.54) is 35.8 Å². The van der Waals surface area contributed by atoms with Gasteiger partial charge in [0.05, 0.1) is 5.69 Å². The zero-order chi connectivity index (χ0) is 19.1. The van der Waals surface area contributed by atoms with Crippen LogP contribution in [0.5, 0.6) is 0 Å². The Balaban J connectivity index is 1.52. The summed E-state index contributed by atoms with van der Waals surface area (Å²) in [7, 11) is 0. The van der Waals surface area contributed by atoms with Crippen LogP contribution in [-0.4, -0.2) is 36.9 Å². The van der Waals surface area contributed by atoms with Crippen molar-refractivity contribution >= 4 is 16.7 Å². The van der Waals surface area contributed by atoms with Crippen molar-refractivity contribution in [3.63, 3.8) is 0 Å². The Hall–Kier alpha value is -2.91. The highest BCUT2D eigenvalue weighted by Crippen LogP contribution is 2.54. The second-order valence-corrected chi connectivity index (χ2v) is 8.13. The molecule has 1 N–H and O–H groups in total. The Bertz CT molecular complexity index is 1060. The first-order valence-corrected chi connectivity index (χ1v) is 10.1. The molecular weight excluding hydrogens is 346 g/mol. The van der Waals surface area contributed by atoms with Gasteiger partial charge < -0.3 is 9.88 Å². The van der Waals surface area contributed by atoms with Crippen LogP contribution in [-0.2, 0) is 0 Å². The van der Waals surface area contributed by atoms with Crippen molar-refractivity contribution in [3.8, 4) is 0 Å². The third-order valence-corrected chi connectivity index (χ3v) is 6.46. The van der Waals surface area contributed by atoms with E-state index in [0.29, 0.717) is 5.92 Å². The van der Waals surface area contributed by atoms with Gasteiger partial charge in [-0.3, -0.25) is 0 Å². The second kappa shape index (κ2) is 6.61. The summed E-state index contributed by atoms with van der Waals surface area (Å²) in [5, 5.41) is 1.28. The summed E-state index contributed by atoms with van der Waals surface area (Å²) in [4.78, 5) is 18.9. The van der Waals surface area contributed by atoms with Crippen LogP contribution in [0.2, 0.25) is 0 Å². The summed E-state index contributed by atoms with van der Waals surface area (Å²) >= 11 is 0. The third kappa shape index (κ3) is 2.74. The molecule has 1 spiro atoms. The van der Waals surface area contributed by atoms with Gasteiger partial charge in [0.1, 0.15) is 17.7 Å². The summed E-state index contributed by atoms with van der Waals surface area (Å²) in [6.45, 7) is 7.21. The smallest absolute Gasteiger partial charge is 0.137 e. The van der Waals surface area contributed by atoms with Crippen molar-refractivity contribution in [2.45, 2.75) is 50.5 Å². The van der Waals surface area contributed by atoms with Gasteiger partial charge >= 0.3 is 0 Å². The van der Waals surface area contributed by atoms with Crippen LogP contribution in [0.4, 0.5) is 0 Å². The monoisotopic (exact) mass is 371 g/mol. The predicted molar refractivity (Wildman–Crippen MR) is 111 cm³/mol. The maximum absolute atomic E-state index is 4.57. The number of fused-ring (bicyclic) bond motifs is 1. The highest BCUT2D eigenvalue weighted by Gasteiger charge is 2.51. The van der Waals surface area contributed by atoms with Crippen molar-refractivity contribution in [3.05, 3.63) is 66.2 Å². The van der Waals surface area contributed by atoms with Gasteiger partial charge in [0.15, 0.2) is 0 Å². The van der Waals surface area contributed by atoms with E-state index in [9.17, 15) is 0 Å².